The topological polar surface area (TPSA) is 101 Å². The molecule has 1 saturated carbocycles. The van der Waals surface area contributed by atoms with Crippen LogP contribution < -0.4 is 0 Å². The highest BCUT2D eigenvalue weighted by molar-refractivity contribution is 6.31. The molecule has 1 aliphatic heterocycles. The highest BCUT2D eigenvalue weighted by atomic mass is 35.5. The fourth-order valence-corrected chi connectivity index (χ4v) is 4.70. The minimum absolute atomic E-state index is 0.0814. The Bertz CT molecular complexity index is 1090. The number of nitro benzene ring substituents is 1. The summed E-state index contributed by atoms with van der Waals surface area (Å²) in [6.45, 7) is 1.97. The van der Waals surface area contributed by atoms with Crippen LogP contribution >= 0.6 is 11.6 Å². The van der Waals surface area contributed by atoms with E-state index < -0.39 is 22.7 Å². The minimum atomic E-state index is -0.604. The summed E-state index contributed by atoms with van der Waals surface area (Å²) in [5, 5.41) is 13.5. The number of imide groups is 1. The van der Waals surface area contributed by atoms with E-state index in [4.69, 9.17) is 11.6 Å². The number of non-ortho nitro benzene ring substituents is 1. The van der Waals surface area contributed by atoms with Gasteiger partial charge in [0.05, 0.1) is 23.3 Å². The second-order valence-electron chi connectivity index (χ2n) is 8.38. The summed E-state index contributed by atoms with van der Waals surface area (Å²) < 4.78 is 0. The Balaban J connectivity index is 1.71. The average molecular weight is 456 g/mol. The summed E-state index contributed by atoms with van der Waals surface area (Å²) in [5.74, 6) is -1.91. The third-order valence-electron chi connectivity index (χ3n) is 6.24. The molecule has 0 unspecified atom stereocenters. The lowest BCUT2D eigenvalue weighted by molar-refractivity contribution is -0.384. The van der Waals surface area contributed by atoms with Gasteiger partial charge in [-0.1, -0.05) is 36.7 Å². The molecule has 1 heterocycles. The molecule has 32 heavy (non-hydrogen) atoms. The normalized spacial score (nSPS) is 22.6. The van der Waals surface area contributed by atoms with Crippen molar-refractivity contribution in [1.82, 2.24) is 10.0 Å². The van der Waals surface area contributed by atoms with Gasteiger partial charge in [-0.25, -0.2) is 5.01 Å². The number of hydrazine groups is 1. The van der Waals surface area contributed by atoms with Gasteiger partial charge in [-0.05, 0) is 48.9 Å². The molecule has 0 radical (unpaired) electrons. The van der Waals surface area contributed by atoms with Crippen molar-refractivity contribution in [1.29, 1.82) is 0 Å². The Hall–Kier alpha value is -3.26. The van der Waals surface area contributed by atoms with E-state index in [0.717, 1.165) is 16.4 Å². The van der Waals surface area contributed by atoms with Crippen molar-refractivity contribution in [3.8, 4) is 0 Å². The van der Waals surface area contributed by atoms with Crippen molar-refractivity contribution in [2.24, 2.45) is 17.8 Å². The van der Waals surface area contributed by atoms with Crippen molar-refractivity contribution < 1.29 is 19.3 Å². The molecule has 4 rings (SSSR count). The zero-order valence-corrected chi connectivity index (χ0v) is 18.2. The van der Waals surface area contributed by atoms with Gasteiger partial charge in [-0.15, -0.1) is 0 Å². The number of halogens is 1. The Morgan fingerprint density at radius 1 is 1.09 bits per heavy atom. The van der Waals surface area contributed by atoms with Crippen molar-refractivity contribution in [3.05, 3.63) is 74.8 Å². The van der Waals surface area contributed by atoms with Gasteiger partial charge in [0.15, 0.2) is 0 Å². The molecule has 9 heteroatoms. The van der Waals surface area contributed by atoms with Crippen LogP contribution in [-0.4, -0.2) is 32.7 Å². The molecular formula is C23H22ClN3O5. The van der Waals surface area contributed by atoms with Gasteiger partial charge in [0.2, 0.25) is 0 Å². The number of carbonyl (C=O) groups is 3. The summed E-state index contributed by atoms with van der Waals surface area (Å²) in [5.41, 5.74) is 0.548. The van der Waals surface area contributed by atoms with E-state index in [1.165, 1.54) is 24.3 Å². The number of hydrogen-bond donors (Lipinski definition) is 0. The number of nitrogens with zero attached hydrogens (tertiary/aromatic N) is 3. The predicted molar refractivity (Wildman–Crippen MR) is 116 cm³/mol. The largest absolute Gasteiger partial charge is 0.273 e. The molecule has 2 aliphatic rings. The van der Waals surface area contributed by atoms with E-state index in [0.29, 0.717) is 29.3 Å². The van der Waals surface area contributed by atoms with Crippen LogP contribution in [0.3, 0.4) is 0 Å². The second kappa shape index (κ2) is 8.70. The van der Waals surface area contributed by atoms with E-state index in [2.05, 4.69) is 6.92 Å². The zero-order chi connectivity index (χ0) is 23.0. The summed E-state index contributed by atoms with van der Waals surface area (Å²) >= 11 is 6.29. The summed E-state index contributed by atoms with van der Waals surface area (Å²) in [4.78, 5) is 50.4. The van der Waals surface area contributed by atoms with E-state index in [9.17, 15) is 24.5 Å². The maximum atomic E-state index is 13.5. The fraction of sp³-hybridized carbons (Fsp3) is 0.348. The average Bonchev–Trinajstić information content (AvgIpc) is 3.02. The molecule has 0 aromatic heterocycles. The monoisotopic (exact) mass is 455 g/mol. The second-order valence-corrected chi connectivity index (χ2v) is 8.78. The summed E-state index contributed by atoms with van der Waals surface area (Å²) in [7, 11) is 0. The van der Waals surface area contributed by atoms with Gasteiger partial charge in [-0.2, -0.15) is 5.01 Å². The molecule has 0 spiro atoms. The Morgan fingerprint density at radius 3 is 2.41 bits per heavy atom. The molecule has 0 bridgehead atoms. The van der Waals surface area contributed by atoms with Gasteiger partial charge in [0.1, 0.15) is 0 Å². The number of hydrogen-bond acceptors (Lipinski definition) is 5. The first kappa shape index (κ1) is 22.0. The van der Waals surface area contributed by atoms with Crippen LogP contribution in [0, 0.1) is 27.9 Å². The SMILES string of the molecule is C[C@@H]1CC[C@@H]2C(=O)N(N(Cc3ccccc3Cl)C(=O)c3ccc([N+](=O)[O-])cc3)C(=O)[C@@H]2C1. The molecule has 2 aromatic carbocycles. The first-order chi connectivity index (χ1) is 15.3. The zero-order valence-electron chi connectivity index (χ0n) is 17.4. The standard InChI is InChI=1S/C23H22ClN3O5/c1-14-6-11-18-19(12-14)23(30)26(22(18)29)25(13-16-4-2-3-5-20(16)24)21(28)15-7-9-17(10-8-15)27(31)32/h2-5,7-10,14,18-19H,6,11-13H2,1H3/t14-,18+,19-/m1/s1. The predicted octanol–water partition coefficient (Wildman–Crippen LogP) is 4.23. The van der Waals surface area contributed by atoms with Gasteiger partial charge in [0.25, 0.3) is 23.4 Å². The lowest BCUT2D eigenvalue weighted by Crippen LogP contribution is -2.49. The lowest BCUT2D eigenvalue weighted by Gasteiger charge is -2.31. The van der Waals surface area contributed by atoms with Crippen molar-refractivity contribution >= 4 is 35.0 Å². The van der Waals surface area contributed by atoms with E-state index >= 15 is 0 Å². The van der Waals surface area contributed by atoms with Crippen LogP contribution in [0.4, 0.5) is 5.69 Å². The highest BCUT2D eigenvalue weighted by Gasteiger charge is 2.52. The van der Waals surface area contributed by atoms with Crippen LogP contribution in [0.15, 0.2) is 48.5 Å². The molecule has 2 fully saturated rings. The number of nitro groups is 1. The highest BCUT2D eigenvalue weighted by Crippen LogP contribution is 2.41. The maximum absolute atomic E-state index is 13.5. The van der Waals surface area contributed by atoms with Crippen LogP contribution in [0.1, 0.15) is 42.1 Å². The van der Waals surface area contributed by atoms with Crippen LogP contribution in [0.5, 0.6) is 0 Å². The number of amides is 3. The Kier molecular flexibility index (Phi) is 5.97. The summed E-state index contributed by atoms with van der Waals surface area (Å²) in [6, 6.07) is 12.0. The van der Waals surface area contributed by atoms with Crippen LogP contribution in [0.2, 0.25) is 5.02 Å². The van der Waals surface area contributed by atoms with Gasteiger partial charge in [-0.3, -0.25) is 24.5 Å². The third kappa shape index (κ3) is 3.98. The Morgan fingerprint density at radius 2 is 1.75 bits per heavy atom. The molecule has 1 aliphatic carbocycles. The third-order valence-corrected chi connectivity index (χ3v) is 6.61. The molecule has 1 saturated heterocycles. The van der Waals surface area contributed by atoms with Crippen LogP contribution in [0.25, 0.3) is 0 Å². The van der Waals surface area contributed by atoms with E-state index in [1.54, 1.807) is 24.3 Å². The van der Waals surface area contributed by atoms with Crippen LogP contribution in [-0.2, 0) is 16.1 Å². The molecule has 166 valence electrons. The molecule has 8 nitrogen and oxygen atoms in total. The first-order valence-electron chi connectivity index (χ1n) is 10.5. The lowest BCUT2D eigenvalue weighted by atomic mass is 9.76. The molecule has 0 N–H and O–H groups in total. The van der Waals surface area contributed by atoms with E-state index in [1.807, 2.05) is 0 Å². The Labute approximate surface area is 189 Å². The number of rotatable bonds is 5. The molecule has 2 aromatic rings. The van der Waals surface area contributed by atoms with Gasteiger partial charge in [0, 0.05) is 22.7 Å². The van der Waals surface area contributed by atoms with Crippen molar-refractivity contribution in [2.45, 2.75) is 32.7 Å². The number of fused-ring (bicyclic) bond motifs is 1. The van der Waals surface area contributed by atoms with Crippen molar-refractivity contribution in [2.75, 3.05) is 0 Å². The molecule has 3 atom stereocenters. The van der Waals surface area contributed by atoms with Gasteiger partial charge < -0.3 is 0 Å². The van der Waals surface area contributed by atoms with E-state index in [-0.39, 0.29) is 29.6 Å². The quantitative estimate of drug-likeness (QED) is 0.381. The minimum Gasteiger partial charge on any atom is -0.272 e. The smallest absolute Gasteiger partial charge is 0.272 e. The first-order valence-corrected chi connectivity index (χ1v) is 10.8. The number of benzene rings is 2. The van der Waals surface area contributed by atoms with Crippen molar-refractivity contribution in [3.63, 3.8) is 0 Å². The summed E-state index contributed by atoms with van der Waals surface area (Å²) in [6.07, 6.45) is 2.07. The maximum Gasteiger partial charge on any atom is 0.273 e. The fourth-order valence-electron chi connectivity index (χ4n) is 4.51. The molecular weight excluding hydrogens is 434 g/mol. The van der Waals surface area contributed by atoms with Gasteiger partial charge >= 0.3 is 0 Å². The number of carbonyl (C=O) groups excluding carboxylic acids is 3. The molecule has 3 amide bonds.